The van der Waals surface area contributed by atoms with Crippen molar-refractivity contribution >= 4 is 0 Å². The van der Waals surface area contributed by atoms with Gasteiger partial charge >= 0.3 is 0 Å². The zero-order chi connectivity index (χ0) is 13.5. The van der Waals surface area contributed by atoms with Crippen molar-refractivity contribution in [3.05, 3.63) is 29.8 Å². The maximum absolute atomic E-state index is 9.65. The highest BCUT2D eigenvalue weighted by Gasteiger charge is 2.22. The summed E-state index contributed by atoms with van der Waals surface area (Å²) in [6, 6.07) is 7.57. The minimum atomic E-state index is -0.844. The van der Waals surface area contributed by atoms with Crippen molar-refractivity contribution < 1.29 is 19.7 Å². The number of ether oxygens (including phenoxy) is 2. The second-order valence-corrected chi connectivity index (χ2v) is 4.62. The highest BCUT2D eigenvalue weighted by Crippen LogP contribution is 2.16. The summed E-state index contributed by atoms with van der Waals surface area (Å²) in [5.74, 6) is 0.944. The van der Waals surface area contributed by atoms with E-state index in [2.05, 4.69) is 0 Å². The normalized spacial score (nSPS) is 14.6. The first kappa shape index (κ1) is 15.0. The van der Waals surface area contributed by atoms with Crippen LogP contribution in [-0.2, 0) is 11.3 Å². The van der Waals surface area contributed by atoms with Crippen LogP contribution in [-0.4, -0.2) is 36.1 Å². The minimum Gasteiger partial charge on any atom is -0.497 e. The molecule has 0 aliphatic heterocycles. The molecule has 1 rings (SSSR count). The largest absolute Gasteiger partial charge is 0.497 e. The van der Waals surface area contributed by atoms with E-state index >= 15 is 0 Å². The van der Waals surface area contributed by atoms with Gasteiger partial charge < -0.3 is 19.7 Å². The van der Waals surface area contributed by atoms with Crippen molar-refractivity contribution in [2.24, 2.45) is 5.92 Å². The van der Waals surface area contributed by atoms with Gasteiger partial charge in [-0.3, -0.25) is 0 Å². The van der Waals surface area contributed by atoms with Crippen LogP contribution in [0.3, 0.4) is 0 Å². The number of rotatable bonds is 7. The molecule has 0 aliphatic carbocycles. The molecular weight excluding hydrogens is 232 g/mol. The molecule has 2 N–H and O–H groups in total. The van der Waals surface area contributed by atoms with Crippen molar-refractivity contribution in [2.75, 3.05) is 13.7 Å². The van der Waals surface area contributed by atoms with Gasteiger partial charge in [0.25, 0.3) is 0 Å². The van der Waals surface area contributed by atoms with E-state index in [0.29, 0.717) is 6.61 Å². The lowest BCUT2D eigenvalue weighted by atomic mass is 10.0. The summed E-state index contributed by atoms with van der Waals surface area (Å²) in [6.45, 7) is 4.03. The predicted octanol–water partition coefficient (Wildman–Crippen LogP) is 1.59. The highest BCUT2D eigenvalue weighted by molar-refractivity contribution is 5.26. The van der Waals surface area contributed by atoms with E-state index in [-0.39, 0.29) is 18.6 Å². The number of benzene rings is 1. The molecule has 2 atom stereocenters. The molecule has 0 amide bonds. The average Bonchev–Trinajstić information content (AvgIpc) is 2.39. The molecule has 102 valence electrons. The standard InChI is InChI=1S/C14H22O4/c1-10(2)14(13(16)8-15)18-9-11-4-6-12(17-3)7-5-11/h4-7,10,13-16H,8-9H2,1-3H3/t13-,14+/m0/s1. The van der Waals surface area contributed by atoms with E-state index in [4.69, 9.17) is 14.6 Å². The van der Waals surface area contributed by atoms with Crippen LogP contribution in [0.15, 0.2) is 24.3 Å². The van der Waals surface area contributed by atoms with Crippen LogP contribution in [0.1, 0.15) is 19.4 Å². The van der Waals surface area contributed by atoms with Crippen molar-refractivity contribution in [1.29, 1.82) is 0 Å². The van der Waals surface area contributed by atoms with Gasteiger partial charge in [0.2, 0.25) is 0 Å². The molecule has 0 spiro atoms. The number of hydrogen-bond acceptors (Lipinski definition) is 4. The van der Waals surface area contributed by atoms with E-state index in [0.717, 1.165) is 11.3 Å². The van der Waals surface area contributed by atoms with Crippen molar-refractivity contribution in [2.45, 2.75) is 32.7 Å². The van der Waals surface area contributed by atoms with Crippen LogP contribution in [0.5, 0.6) is 5.75 Å². The zero-order valence-electron chi connectivity index (χ0n) is 11.2. The van der Waals surface area contributed by atoms with Crippen molar-refractivity contribution in [3.8, 4) is 5.75 Å². The summed E-state index contributed by atoms with van der Waals surface area (Å²) in [5.41, 5.74) is 1.01. The molecule has 0 heterocycles. The summed E-state index contributed by atoms with van der Waals surface area (Å²) in [5, 5.41) is 18.6. The number of methoxy groups -OCH3 is 1. The molecule has 0 aliphatic rings. The molecule has 4 nitrogen and oxygen atoms in total. The van der Waals surface area contributed by atoms with Crippen LogP contribution in [0, 0.1) is 5.92 Å². The summed E-state index contributed by atoms with van der Waals surface area (Å²) < 4.78 is 10.7. The first-order valence-corrected chi connectivity index (χ1v) is 6.12. The first-order valence-electron chi connectivity index (χ1n) is 6.12. The topological polar surface area (TPSA) is 58.9 Å². The van der Waals surface area contributed by atoms with Crippen LogP contribution >= 0.6 is 0 Å². The van der Waals surface area contributed by atoms with Gasteiger partial charge in [0.15, 0.2) is 0 Å². The Bertz CT molecular complexity index is 334. The first-order chi connectivity index (χ1) is 8.58. The van der Waals surface area contributed by atoms with E-state index in [1.54, 1.807) is 7.11 Å². The fourth-order valence-electron chi connectivity index (χ4n) is 1.77. The molecule has 0 bridgehead atoms. The van der Waals surface area contributed by atoms with Crippen molar-refractivity contribution in [3.63, 3.8) is 0 Å². The molecule has 18 heavy (non-hydrogen) atoms. The summed E-state index contributed by atoms with van der Waals surface area (Å²) in [7, 11) is 1.62. The van der Waals surface area contributed by atoms with Crippen LogP contribution < -0.4 is 4.74 Å². The Labute approximate surface area is 108 Å². The van der Waals surface area contributed by atoms with Crippen LogP contribution in [0.4, 0.5) is 0 Å². The zero-order valence-corrected chi connectivity index (χ0v) is 11.2. The molecule has 0 unspecified atom stereocenters. The third kappa shape index (κ3) is 4.29. The third-order valence-electron chi connectivity index (χ3n) is 2.82. The monoisotopic (exact) mass is 254 g/mol. The molecule has 0 saturated heterocycles. The Morgan fingerprint density at radius 1 is 1.17 bits per heavy atom. The number of hydrogen-bond donors (Lipinski definition) is 2. The fourth-order valence-corrected chi connectivity index (χ4v) is 1.77. The Hall–Kier alpha value is -1.10. The summed E-state index contributed by atoms with van der Waals surface area (Å²) in [4.78, 5) is 0. The predicted molar refractivity (Wildman–Crippen MR) is 69.5 cm³/mol. The van der Waals surface area contributed by atoms with Gasteiger partial charge in [-0.25, -0.2) is 0 Å². The third-order valence-corrected chi connectivity index (χ3v) is 2.82. The highest BCUT2D eigenvalue weighted by atomic mass is 16.5. The van der Waals surface area contributed by atoms with E-state index in [1.165, 1.54) is 0 Å². The Balaban J connectivity index is 2.55. The molecule has 4 heteroatoms. The second-order valence-electron chi connectivity index (χ2n) is 4.62. The lowest BCUT2D eigenvalue weighted by molar-refractivity contribution is -0.0857. The SMILES string of the molecule is COc1ccc(CO[C@H](C(C)C)[C@@H](O)CO)cc1. The summed E-state index contributed by atoms with van der Waals surface area (Å²) in [6.07, 6.45) is -1.21. The quantitative estimate of drug-likeness (QED) is 0.776. The van der Waals surface area contributed by atoms with E-state index in [1.807, 2.05) is 38.1 Å². The molecule has 1 aromatic carbocycles. The number of aliphatic hydroxyl groups is 2. The fraction of sp³-hybridized carbons (Fsp3) is 0.571. The lowest BCUT2D eigenvalue weighted by Gasteiger charge is -2.25. The molecular formula is C14H22O4. The van der Waals surface area contributed by atoms with Crippen LogP contribution in [0.2, 0.25) is 0 Å². The minimum absolute atomic E-state index is 0.144. The van der Waals surface area contributed by atoms with E-state index in [9.17, 15) is 5.11 Å². The van der Waals surface area contributed by atoms with Gasteiger partial charge in [-0.05, 0) is 23.6 Å². The molecule has 1 aromatic rings. The maximum Gasteiger partial charge on any atom is 0.118 e. The van der Waals surface area contributed by atoms with Crippen molar-refractivity contribution in [1.82, 2.24) is 0 Å². The molecule has 0 saturated carbocycles. The van der Waals surface area contributed by atoms with Crippen LogP contribution in [0.25, 0.3) is 0 Å². The Morgan fingerprint density at radius 2 is 1.78 bits per heavy atom. The molecule has 0 aromatic heterocycles. The lowest BCUT2D eigenvalue weighted by Crippen LogP contribution is -2.36. The Morgan fingerprint density at radius 3 is 2.22 bits per heavy atom. The van der Waals surface area contributed by atoms with Gasteiger partial charge in [0.05, 0.1) is 26.4 Å². The van der Waals surface area contributed by atoms with Gasteiger partial charge in [-0.15, -0.1) is 0 Å². The van der Waals surface area contributed by atoms with Gasteiger partial charge in [0, 0.05) is 0 Å². The smallest absolute Gasteiger partial charge is 0.118 e. The van der Waals surface area contributed by atoms with Gasteiger partial charge in [0.1, 0.15) is 11.9 Å². The average molecular weight is 254 g/mol. The maximum atomic E-state index is 9.65. The molecule has 0 fully saturated rings. The summed E-state index contributed by atoms with van der Waals surface area (Å²) >= 11 is 0. The van der Waals surface area contributed by atoms with Gasteiger partial charge in [-0.1, -0.05) is 26.0 Å². The van der Waals surface area contributed by atoms with Gasteiger partial charge in [-0.2, -0.15) is 0 Å². The molecule has 0 radical (unpaired) electrons. The Kier molecular flexibility index (Phi) is 6.12. The number of aliphatic hydroxyl groups excluding tert-OH is 2. The second kappa shape index (κ2) is 7.36. The van der Waals surface area contributed by atoms with E-state index < -0.39 is 6.10 Å².